The van der Waals surface area contributed by atoms with Gasteiger partial charge in [0.15, 0.2) is 0 Å². The molecular formula is C31H27NO5. The summed E-state index contributed by atoms with van der Waals surface area (Å²) in [6.45, 7) is 2.56. The number of hydrogen-bond donors (Lipinski definition) is 1. The minimum atomic E-state index is -0.858. The molecule has 186 valence electrons. The number of Topliss-reactive ketones (excluding diaryl/α,β-unsaturated/α-hetero) is 1. The third kappa shape index (κ3) is 4.54. The number of amides is 1. The molecule has 0 saturated carbocycles. The van der Waals surface area contributed by atoms with Crippen molar-refractivity contribution in [2.45, 2.75) is 19.4 Å². The van der Waals surface area contributed by atoms with Gasteiger partial charge >= 0.3 is 0 Å². The lowest BCUT2D eigenvalue weighted by molar-refractivity contribution is -0.132. The van der Waals surface area contributed by atoms with Crippen LogP contribution in [0, 0.1) is 0 Å². The zero-order valence-electron chi connectivity index (χ0n) is 20.7. The molecule has 0 bridgehead atoms. The lowest BCUT2D eigenvalue weighted by Gasteiger charge is -2.26. The summed E-state index contributed by atoms with van der Waals surface area (Å²) in [5, 5.41) is 13.4. The summed E-state index contributed by atoms with van der Waals surface area (Å²) in [6.07, 6.45) is 0.842. The number of aliphatic hydroxyl groups is 1. The fourth-order valence-electron chi connectivity index (χ4n) is 4.66. The van der Waals surface area contributed by atoms with Gasteiger partial charge in [0, 0.05) is 17.3 Å². The van der Waals surface area contributed by atoms with E-state index in [9.17, 15) is 14.7 Å². The molecule has 0 aromatic heterocycles. The van der Waals surface area contributed by atoms with Gasteiger partial charge in [-0.25, -0.2) is 0 Å². The van der Waals surface area contributed by atoms with Crippen LogP contribution < -0.4 is 14.4 Å². The number of methoxy groups -OCH3 is 1. The number of carbonyl (C=O) groups excluding carboxylic acids is 2. The standard InChI is InChI=1S/C31H27NO5/c1-3-16-37-26-13-6-10-22(18-26)28-27(29(33)23-15-14-20-8-4-5-9-21(20)17-23)30(34)31(35)32(28)24-11-7-12-25(19-24)36-2/h4-15,17-19,28,33H,3,16H2,1-2H3/b29-27-. The molecule has 1 atom stereocenters. The fraction of sp³-hybridized carbons (Fsp3) is 0.161. The molecule has 37 heavy (non-hydrogen) atoms. The van der Waals surface area contributed by atoms with Crippen molar-refractivity contribution in [3.05, 3.63) is 108 Å². The SMILES string of the molecule is CCCOc1cccc(C2/C(=C(/O)c3ccc4ccccc4c3)C(=O)C(=O)N2c2cccc(OC)c2)c1. The summed E-state index contributed by atoms with van der Waals surface area (Å²) in [7, 11) is 1.54. The number of anilines is 1. The zero-order chi connectivity index (χ0) is 25.9. The second-order valence-corrected chi connectivity index (χ2v) is 8.85. The van der Waals surface area contributed by atoms with Crippen LogP contribution in [0.25, 0.3) is 16.5 Å². The number of aliphatic hydroxyl groups excluding tert-OH is 1. The van der Waals surface area contributed by atoms with E-state index in [2.05, 4.69) is 0 Å². The van der Waals surface area contributed by atoms with E-state index in [0.717, 1.165) is 17.2 Å². The Morgan fingerprint density at radius 1 is 0.865 bits per heavy atom. The largest absolute Gasteiger partial charge is 0.507 e. The van der Waals surface area contributed by atoms with Gasteiger partial charge in [0.05, 0.1) is 25.3 Å². The average molecular weight is 494 g/mol. The van der Waals surface area contributed by atoms with Gasteiger partial charge in [-0.2, -0.15) is 0 Å². The second kappa shape index (κ2) is 10.2. The van der Waals surface area contributed by atoms with Gasteiger partial charge in [-0.15, -0.1) is 0 Å². The molecule has 6 heteroatoms. The topological polar surface area (TPSA) is 76.1 Å². The Hall–Kier alpha value is -4.58. The molecular weight excluding hydrogens is 466 g/mol. The lowest BCUT2D eigenvalue weighted by Crippen LogP contribution is -2.29. The molecule has 1 aliphatic heterocycles. The van der Waals surface area contributed by atoms with Crippen LogP contribution in [0.4, 0.5) is 5.69 Å². The van der Waals surface area contributed by atoms with Gasteiger partial charge in [-0.3, -0.25) is 14.5 Å². The molecule has 1 saturated heterocycles. The van der Waals surface area contributed by atoms with E-state index in [4.69, 9.17) is 9.47 Å². The highest BCUT2D eigenvalue weighted by Gasteiger charge is 2.47. The third-order valence-corrected chi connectivity index (χ3v) is 6.45. The Bertz CT molecular complexity index is 1520. The van der Waals surface area contributed by atoms with E-state index < -0.39 is 17.7 Å². The smallest absolute Gasteiger partial charge is 0.300 e. The van der Waals surface area contributed by atoms with E-state index in [0.29, 0.717) is 34.9 Å². The van der Waals surface area contributed by atoms with Gasteiger partial charge in [0.1, 0.15) is 17.3 Å². The van der Waals surface area contributed by atoms with Crippen LogP contribution in [0.15, 0.2) is 96.6 Å². The van der Waals surface area contributed by atoms with Crippen LogP contribution in [-0.4, -0.2) is 30.5 Å². The first-order valence-electron chi connectivity index (χ1n) is 12.2. The van der Waals surface area contributed by atoms with Gasteiger partial charge in [-0.1, -0.05) is 61.5 Å². The third-order valence-electron chi connectivity index (χ3n) is 6.45. The highest BCUT2D eigenvalue weighted by Crippen LogP contribution is 2.43. The van der Waals surface area contributed by atoms with Crippen molar-refractivity contribution >= 4 is 33.9 Å². The van der Waals surface area contributed by atoms with Crippen LogP contribution in [0.3, 0.4) is 0 Å². The quantitative estimate of drug-likeness (QED) is 0.187. The predicted octanol–water partition coefficient (Wildman–Crippen LogP) is 6.26. The van der Waals surface area contributed by atoms with Gasteiger partial charge in [0.25, 0.3) is 11.7 Å². The number of carbonyl (C=O) groups is 2. The van der Waals surface area contributed by atoms with Crippen LogP contribution in [0.2, 0.25) is 0 Å². The molecule has 6 nitrogen and oxygen atoms in total. The number of rotatable bonds is 7. The number of ketones is 1. The Morgan fingerprint density at radius 2 is 1.62 bits per heavy atom. The summed E-state index contributed by atoms with van der Waals surface area (Å²) in [5.41, 5.74) is 1.63. The minimum Gasteiger partial charge on any atom is -0.507 e. The molecule has 1 unspecified atom stereocenters. The molecule has 1 fully saturated rings. The summed E-state index contributed by atoms with van der Waals surface area (Å²) in [6, 6.07) is 26.6. The first-order valence-corrected chi connectivity index (χ1v) is 12.2. The first kappa shape index (κ1) is 24.1. The number of ether oxygens (including phenoxy) is 2. The van der Waals surface area contributed by atoms with Crippen LogP contribution in [0.1, 0.15) is 30.5 Å². The van der Waals surface area contributed by atoms with Gasteiger partial charge < -0.3 is 14.6 Å². The minimum absolute atomic E-state index is 0.0238. The molecule has 4 aromatic rings. The molecule has 4 aromatic carbocycles. The van der Waals surface area contributed by atoms with E-state index in [1.165, 1.54) is 4.90 Å². The Labute approximate surface area is 215 Å². The molecule has 0 aliphatic carbocycles. The van der Waals surface area contributed by atoms with Crippen molar-refractivity contribution in [3.63, 3.8) is 0 Å². The number of benzene rings is 4. The average Bonchev–Trinajstić information content (AvgIpc) is 3.21. The molecule has 1 N–H and O–H groups in total. The highest BCUT2D eigenvalue weighted by molar-refractivity contribution is 6.51. The Morgan fingerprint density at radius 3 is 2.41 bits per heavy atom. The molecule has 1 aliphatic rings. The fourth-order valence-corrected chi connectivity index (χ4v) is 4.66. The highest BCUT2D eigenvalue weighted by atomic mass is 16.5. The van der Waals surface area contributed by atoms with Crippen LogP contribution >= 0.6 is 0 Å². The second-order valence-electron chi connectivity index (χ2n) is 8.85. The van der Waals surface area contributed by atoms with Gasteiger partial charge in [-0.05, 0) is 53.1 Å². The zero-order valence-corrected chi connectivity index (χ0v) is 20.7. The normalized spacial score (nSPS) is 16.8. The van der Waals surface area contributed by atoms with Crippen molar-refractivity contribution in [2.24, 2.45) is 0 Å². The maximum atomic E-state index is 13.5. The summed E-state index contributed by atoms with van der Waals surface area (Å²) in [4.78, 5) is 28.4. The molecule has 1 heterocycles. The summed E-state index contributed by atoms with van der Waals surface area (Å²) in [5.74, 6) is -0.521. The number of hydrogen-bond acceptors (Lipinski definition) is 5. The van der Waals surface area contributed by atoms with Crippen LogP contribution in [0.5, 0.6) is 11.5 Å². The van der Waals surface area contributed by atoms with Crippen LogP contribution in [-0.2, 0) is 9.59 Å². The molecule has 1 amide bonds. The van der Waals surface area contributed by atoms with Crippen molar-refractivity contribution in [3.8, 4) is 11.5 Å². The van der Waals surface area contributed by atoms with Crippen molar-refractivity contribution < 1.29 is 24.2 Å². The first-order chi connectivity index (χ1) is 18.0. The monoisotopic (exact) mass is 493 g/mol. The van der Waals surface area contributed by atoms with Crippen molar-refractivity contribution in [1.82, 2.24) is 0 Å². The number of nitrogens with zero attached hydrogens (tertiary/aromatic N) is 1. The maximum absolute atomic E-state index is 13.5. The van der Waals surface area contributed by atoms with E-state index in [1.54, 1.807) is 37.4 Å². The van der Waals surface area contributed by atoms with E-state index >= 15 is 0 Å². The summed E-state index contributed by atoms with van der Waals surface area (Å²) < 4.78 is 11.2. The molecule has 0 radical (unpaired) electrons. The maximum Gasteiger partial charge on any atom is 0.300 e. The lowest BCUT2D eigenvalue weighted by atomic mass is 9.94. The van der Waals surface area contributed by atoms with E-state index in [-0.39, 0.29) is 11.3 Å². The van der Waals surface area contributed by atoms with Gasteiger partial charge in [0.2, 0.25) is 0 Å². The number of fused-ring (bicyclic) bond motifs is 1. The molecule has 5 rings (SSSR count). The predicted molar refractivity (Wildman–Crippen MR) is 144 cm³/mol. The Kier molecular flexibility index (Phi) is 6.64. The summed E-state index contributed by atoms with van der Waals surface area (Å²) >= 11 is 0. The van der Waals surface area contributed by atoms with Crippen molar-refractivity contribution in [2.75, 3.05) is 18.6 Å². The Balaban J connectivity index is 1.70. The molecule has 0 spiro atoms. The van der Waals surface area contributed by atoms with Crippen molar-refractivity contribution in [1.29, 1.82) is 0 Å². The van der Waals surface area contributed by atoms with E-state index in [1.807, 2.05) is 67.6 Å².